The maximum Gasteiger partial charge on any atom is 0.330 e. The second-order valence-corrected chi connectivity index (χ2v) is 9.04. The van der Waals surface area contributed by atoms with Crippen molar-refractivity contribution >= 4 is 5.97 Å². The fourth-order valence-corrected chi connectivity index (χ4v) is 3.39. The first-order valence-corrected chi connectivity index (χ1v) is 11.6. The summed E-state index contributed by atoms with van der Waals surface area (Å²) in [6, 6.07) is 0. The predicted molar refractivity (Wildman–Crippen MR) is 118 cm³/mol. The van der Waals surface area contributed by atoms with Crippen molar-refractivity contribution in [1.82, 2.24) is 0 Å². The van der Waals surface area contributed by atoms with E-state index in [9.17, 15) is 4.79 Å². The molecule has 0 amide bonds. The van der Waals surface area contributed by atoms with Crippen LogP contribution >= 0.6 is 0 Å². The minimum absolute atomic E-state index is 0.300. The highest BCUT2D eigenvalue weighted by molar-refractivity contribution is 5.81. The maximum atomic E-state index is 10.9. The van der Waals surface area contributed by atoms with E-state index in [2.05, 4.69) is 27.7 Å². The Kier molecular flexibility index (Phi) is 18.0. The zero-order chi connectivity index (χ0) is 20.2. The normalized spacial score (nSPS) is 11.5. The summed E-state index contributed by atoms with van der Waals surface area (Å²) >= 11 is 0. The third-order valence-corrected chi connectivity index (χ3v) is 5.13. The average Bonchev–Trinajstić information content (AvgIpc) is 2.62. The molecule has 0 spiro atoms. The second kappa shape index (κ2) is 18.5. The Balaban J connectivity index is 3.07. The average molecular weight is 383 g/mol. The van der Waals surface area contributed by atoms with Gasteiger partial charge in [0, 0.05) is 6.08 Å². The van der Waals surface area contributed by atoms with Gasteiger partial charge in [0.25, 0.3) is 0 Å². The van der Waals surface area contributed by atoms with Crippen LogP contribution in [0.2, 0.25) is 0 Å². The van der Waals surface area contributed by atoms with Gasteiger partial charge >= 0.3 is 5.97 Å². The van der Waals surface area contributed by atoms with Crippen molar-refractivity contribution in [2.75, 3.05) is 34.3 Å². The van der Waals surface area contributed by atoms with E-state index >= 15 is 0 Å². The number of hydrogen-bond acceptors (Lipinski definition) is 2. The molecule has 0 aliphatic heterocycles. The molecule has 3 nitrogen and oxygen atoms in total. The Morgan fingerprint density at radius 1 is 0.667 bits per heavy atom. The molecule has 0 saturated heterocycles. The number of ether oxygens (including phenoxy) is 1. The molecule has 0 aliphatic carbocycles. The fraction of sp³-hybridized carbons (Fsp3) is 0.875. The zero-order valence-electron chi connectivity index (χ0n) is 18.8. The molecule has 0 aromatic heterocycles. The summed E-state index contributed by atoms with van der Waals surface area (Å²) in [6.45, 7) is 5.24. The van der Waals surface area contributed by atoms with Gasteiger partial charge in [-0.1, -0.05) is 90.0 Å². The van der Waals surface area contributed by atoms with Crippen LogP contribution in [0.25, 0.3) is 0 Å². The zero-order valence-corrected chi connectivity index (χ0v) is 18.8. The van der Waals surface area contributed by atoms with E-state index in [1.165, 1.54) is 109 Å². The maximum absolute atomic E-state index is 10.9. The molecule has 0 radical (unpaired) electrons. The highest BCUT2D eigenvalue weighted by Gasteiger charge is 2.05. The first-order chi connectivity index (χ1) is 13.0. The molecule has 0 atom stereocenters. The summed E-state index contributed by atoms with van der Waals surface area (Å²) in [4.78, 5) is 10.9. The molecule has 0 bridgehead atoms. The Bertz CT molecular complexity index is 347. The van der Waals surface area contributed by atoms with Gasteiger partial charge in [-0.05, 0) is 19.3 Å². The lowest BCUT2D eigenvalue weighted by atomic mass is 10.0. The number of esters is 1. The number of quaternary nitrogens is 1. The van der Waals surface area contributed by atoms with Crippen LogP contribution < -0.4 is 0 Å². The lowest BCUT2D eigenvalue weighted by Crippen LogP contribution is -2.35. The summed E-state index contributed by atoms with van der Waals surface area (Å²) in [6.07, 6.45) is 22.9. The van der Waals surface area contributed by atoms with Gasteiger partial charge in [0.15, 0.2) is 0 Å². The molecule has 0 N–H and O–H groups in total. The van der Waals surface area contributed by atoms with Crippen molar-refractivity contribution in [2.45, 2.75) is 103 Å². The van der Waals surface area contributed by atoms with Crippen LogP contribution in [0.15, 0.2) is 12.7 Å². The molecule has 0 saturated carbocycles. The SMILES string of the molecule is C=CC(=O)OCCCCCCCCCCCCCCCCCC[N+](C)(C)C. The Labute approximate surface area is 170 Å². The van der Waals surface area contributed by atoms with Gasteiger partial charge in [0.1, 0.15) is 0 Å². The molecule has 0 aliphatic rings. The first-order valence-electron chi connectivity index (χ1n) is 11.6. The van der Waals surface area contributed by atoms with Crippen molar-refractivity contribution in [1.29, 1.82) is 0 Å². The molecule has 0 fully saturated rings. The van der Waals surface area contributed by atoms with E-state index in [0.29, 0.717) is 6.61 Å². The van der Waals surface area contributed by atoms with E-state index in [-0.39, 0.29) is 5.97 Å². The molecule has 0 unspecified atom stereocenters. The number of carbonyl (C=O) groups is 1. The summed E-state index contributed by atoms with van der Waals surface area (Å²) in [5, 5.41) is 0. The van der Waals surface area contributed by atoms with Crippen molar-refractivity contribution in [3.63, 3.8) is 0 Å². The largest absolute Gasteiger partial charge is 0.463 e. The number of rotatable bonds is 20. The van der Waals surface area contributed by atoms with Crippen LogP contribution in [-0.4, -0.2) is 44.7 Å². The van der Waals surface area contributed by atoms with E-state index in [1.807, 2.05) is 0 Å². The third kappa shape index (κ3) is 23.1. The van der Waals surface area contributed by atoms with Gasteiger partial charge in [0.2, 0.25) is 0 Å². The smallest absolute Gasteiger partial charge is 0.330 e. The molecule has 27 heavy (non-hydrogen) atoms. The van der Waals surface area contributed by atoms with E-state index < -0.39 is 0 Å². The monoisotopic (exact) mass is 382 g/mol. The second-order valence-electron chi connectivity index (χ2n) is 9.04. The standard InChI is InChI=1S/C24H48NO2/c1-5-24(26)27-23-21-19-17-15-13-11-9-7-6-8-10-12-14-16-18-20-22-25(2,3)4/h5H,1,6-23H2,2-4H3/q+1. The number of unbranched alkanes of at least 4 members (excludes halogenated alkanes) is 15. The molecule has 160 valence electrons. The first kappa shape index (κ1) is 26.2. The summed E-state index contributed by atoms with van der Waals surface area (Å²) < 4.78 is 6.07. The number of nitrogens with zero attached hydrogens (tertiary/aromatic N) is 1. The minimum atomic E-state index is -0.300. The van der Waals surface area contributed by atoms with Crippen LogP contribution in [0, 0.1) is 0 Å². The lowest BCUT2D eigenvalue weighted by Gasteiger charge is -2.23. The van der Waals surface area contributed by atoms with Gasteiger partial charge in [-0.2, -0.15) is 0 Å². The van der Waals surface area contributed by atoms with Crippen molar-refractivity contribution in [3.8, 4) is 0 Å². The summed E-state index contributed by atoms with van der Waals surface area (Å²) in [7, 11) is 6.85. The van der Waals surface area contributed by atoms with Gasteiger partial charge < -0.3 is 9.22 Å². The number of hydrogen-bond donors (Lipinski definition) is 0. The predicted octanol–water partition coefficient (Wildman–Crippen LogP) is 6.66. The van der Waals surface area contributed by atoms with Gasteiger partial charge in [-0.3, -0.25) is 0 Å². The third-order valence-electron chi connectivity index (χ3n) is 5.13. The quantitative estimate of drug-likeness (QED) is 0.102. The lowest BCUT2D eigenvalue weighted by molar-refractivity contribution is -0.870. The van der Waals surface area contributed by atoms with Gasteiger partial charge in [-0.15, -0.1) is 0 Å². The molecule has 0 aromatic carbocycles. The summed E-state index contributed by atoms with van der Waals surface area (Å²) in [5.74, 6) is -0.300. The van der Waals surface area contributed by atoms with Gasteiger partial charge in [0.05, 0.1) is 34.3 Å². The minimum Gasteiger partial charge on any atom is -0.463 e. The molecular formula is C24H48NO2+. The molecule has 0 heterocycles. The van der Waals surface area contributed by atoms with E-state index in [0.717, 1.165) is 10.9 Å². The van der Waals surface area contributed by atoms with Crippen LogP contribution in [-0.2, 0) is 9.53 Å². The summed E-state index contributed by atoms with van der Waals surface area (Å²) in [5.41, 5.74) is 0. The van der Waals surface area contributed by atoms with Crippen LogP contribution in [0.3, 0.4) is 0 Å². The molecular weight excluding hydrogens is 334 g/mol. The molecule has 3 heteroatoms. The number of carbonyl (C=O) groups excluding carboxylic acids is 1. The van der Waals surface area contributed by atoms with Crippen molar-refractivity contribution in [2.24, 2.45) is 0 Å². The topological polar surface area (TPSA) is 26.3 Å². The Hall–Kier alpha value is -0.830. The van der Waals surface area contributed by atoms with Crippen LogP contribution in [0.4, 0.5) is 0 Å². The van der Waals surface area contributed by atoms with Crippen molar-refractivity contribution < 1.29 is 14.0 Å². The Morgan fingerprint density at radius 3 is 1.33 bits per heavy atom. The highest BCUT2D eigenvalue weighted by Crippen LogP contribution is 2.14. The Morgan fingerprint density at radius 2 is 1.00 bits per heavy atom. The van der Waals surface area contributed by atoms with E-state index in [1.54, 1.807) is 0 Å². The molecule has 0 rings (SSSR count). The van der Waals surface area contributed by atoms with Gasteiger partial charge in [-0.25, -0.2) is 4.79 Å². The van der Waals surface area contributed by atoms with Crippen LogP contribution in [0.1, 0.15) is 103 Å². The van der Waals surface area contributed by atoms with E-state index in [4.69, 9.17) is 4.74 Å². The fourth-order valence-electron chi connectivity index (χ4n) is 3.39. The van der Waals surface area contributed by atoms with Crippen molar-refractivity contribution in [3.05, 3.63) is 12.7 Å². The highest BCUT2D eigenvalue weighted by atomic mass is 16.5. The van der Waals surface area contributed by atoms with Crippen LogP contribution in [0.5, 0.6) is 0 Å². The molecule has 0 aromatic rings.